The van der Waals surface area contributed by atoms with E-state index in [1.807, 2.05) is 13.0 Å². The number of carbonyl (C=O) groups is 3. The van der Waals surface area contributed by atoms with E-state index in [9.17, 15) is 19.5 Å². The molecule has 35 heavy (non-hydrogen) atoms. The van der Waals surface area contributed by atoms with Gasteiger partial charge in [-0.2, -0.15) is 0 Å². The van der Waals surface area contributed by atoms with E-state index in [2.05, 4.69) is 88.0 Å². The number of halogens is 3. The first kappa shape index (κ1) is 27.5. The number of hydrogen-bond acceptors (Lipinski definition) is 4. The molecule has 0 aromatic rings. The Bertz CT molecular complexity index is 1120. The number of Topliss-reactive ketones (excluding diaryl/α,β-unsaturated/α-hetero) is 2. The van der Waals surface area contributed by atoms with Crippen LogP contribution in [0, 0.1) is 22.7 Å². The Kier molecular flexibility index (Phi) is 6.45. The van der Waals surface area contributed by atoms with Crippen LogP contribution in [-0.4, -0.2) is 39.9 Å². The van der Waals surface area contributed by atoms with Gasteiger partial charge in [0.25, 0.3) is 0 Å². The Morgan fingerprint density at radius 1 is 1.06 bits per heavy atom. The summed E-state index contributed by atoms with van der Waals surface area (Å²) in [6, 6.07) is 0. The third kappa shape index (κ3) is 3.07. The van der Waals surface area contributed by atoms with Crippen LogP contribution in [0.15, 0.2) is 23.5 Å². The summed E-state index contributed by atoms with van der Waals surface area (Å²) in [6.45, 7) is 10.5. The zero-order valence-electron chi connectivity index (χ0n) is 21.1. The van der Waals surface area contributed by atoms with E-state index in [0.29, 0.717) is 11.4 Å². The van der Waals surface area contributed by atoms with Crippen LogP contribution in [0.2, 0.25) is 0 Å². The van der Waals surface area contributed by atoms with Gasteiger partial charge in [0, 0.05) is 11.3 Å². The third-order valence-corrected chi connectivity index (χ3v) is 31.4. The largest absolute Gasteiger partial charge is 0.505 e. The lowest BCUT2D eigenvalue weighted by molar-refractivity contribution is -0.124. The van der Waals surface area contributed by atoms with Crippen LogP contribution in [0.1, 0.15) is 79.6 Å². The lowest BCUT2D eigenvalue weighted by atomic mass is 9.46. The molecule has 3 fully saturated rings. The maximum Gasteiger partial charge on any atom is 0.212 e. The predicted molar refractivity (Wildman–Crippen MR) is 167 cm³/mol. The monoisotopic (exact) mass is 835 g/mol. The molecular formula is C27H35I3O4P+. The summed E-state index contributed by atoms with van der Waals surface area (Å²) in [5, 5.41) is 10.4. The Hall–Kier alpha value is 0.910. The van der Waals surface area contributed by atoms with Crippen molar-refractivity contribution in [2.24, 2.45) is 22.7 Å². The first-order valence-corrected chi connectivity index (χ1v) is 19.6. The van der Waals surface area contributed by atoms with E-state index in [-0.39, 0.29) is 39.7 Å². The van der Waals surface area contributed by atoms with Gasteiger partial charge in [-0.1, -0.05) is 36.4 Å². The van der Waals surface area contributed by atoms with E-state index >= 15 is 0 Å². The molecular weight excluding hydrogens is 800 g/mol. The molecule has 0 aromatic heterocycles. The minimum atomic E-state index is -2.06. The Balaban J connectivity index is 1.75. The van der Waals surface area contributed by atoms with Crippen molar-refractivity contribution in [3.05, 3.63) is 23.5 Å². The summed E-state index contributed by atoms with van der Waals surface area (Å²) < 4.78 is -1.26. The van der Waals surface area contributed by atoms with E-state index in [4.69, 9.17) is 0 Å². The van der Waals surface area contributed by atoms with Crippen LogP contribution in [0.25, 0.3) is 0 Å². The summed E-state index contributed by atoms with van der Waals surface area (Å²) in [5.41, 5.74) is 0.735. The summed E-state index contributed by atoms with van der Waals surface area (Å²) in [5.74, 6) is 0.301. The molecule has 5 rings (SSSR count). The third-order valence-electron chi connectivity index (χ3n) is 10.9. The maximum atomic E-state index is 14.5. The summed E-state index contributed by atoms with van der Waals surface area (Å²) in [7, 11) is 0. The van der Waals surface area contributed by atoms with E-state index in [1.54, 1.807) is 13.0 Å². The fraction of sp³-hybridized carbons (Fsp3) is 0.741. The second-order valence-electron chi connectivity index (χ2n) is 12.4. The van der Waals surface area contributed by atoms with Crippen molar-refractivity contribution in [3.8, 4) is 0 Å². The normalized spacial score (nSPS) is 53.4. The summed E-state index contributed by atoms with van der Waals surface area (Å²) in [4.78, 5) is 38.8. The number of carbonyl (C=O) groups excluding carboxylic acids is 3. The number of alkyl halides is 2. The first-order valence-electron chi connectivity index (χ1n) is 12.8. The zero-order chi connectivity index (χ0) is 26.0. The quantitative estimate of drug-likeness (QED) is 0.166. The minimum absolute atomic E-state index is 0.0321. The highest BCUT2D eigenvalue weighted by atomic mass is 127. The molecule has 4 nitrogen and oxygen atoms in total. The molecule has 0 bridgehead atoms. The molecule has 2 aliphatic heterocycles. The zero-order valence-corrected chi connectivity index (χ0v) is 28.5. The Labute approximate surface area is 249 Å². The summed E-state index contributed by atoms with van der Waals surface area (Å²) >= 11 is 7.46. The second kappa shape index (κ2) is 8.21. The van der Waals surface area contributed by atoms with Crippen molar-refractivity contribution >= 4 is 89.5 Å². The molecule has 0 radical (unpaired) electrons. The van der Waals surface area contributed by atoms with Crippen LogP contribution in [0.3, 0.4) is 0 Å². The molecule has 1 N–H and O–H groups in total. The average molecular weight is 835 g/mol. The Morgan fingerprint density at radius 3 is 2.31 bits per heavy atom. The van der Waals surface area contributed by atoms with Gasteiger partial charge in [-0.05, 0) is 117 Å². The lowest BCUT2D eigenvalue weighted by Gasteiger charge is -2.66. The average Bonchev–Trinajstić information content (AvgIpc) is 2.76. The highest BCUT2D eigenvalue weighted by Crippen LogP contribution is 2.96. The highest BCUT2D eigenvalue weighted by molar-refractivity contribution is 14.2. The summed E-state index contributed by atoms with van der Waals surface area (Å²) in [6.07, 6.45) is 10.4. The van der Waals surface area contributed by atoms with Crippen molar-refractivity contribution in [2.45, 2.75) is 97.0 Å². The van der Waals surface area contributed by atoms with Crippen molar-refractivity contribution < 1.29 is 19.5 Å². The van der Waals surface area contributed by atoms with Gasteiger partial charge in [0.1, 0.15) is 10.1 Å². The van der Waals surface area contributed by atoms with Gasteiger partial charge in [-0.3, -0.25) is 14.4 Å². The van der Waals surface area contributed by atoms with Crippen molar-refractivity contribution in [3.63, 3.8) is 0 Å². The van der Waals surface area contributed by atoms with Crippen LogP contribution >= 0.6 is 72.1 Å². The lowest BCUT2D eigenvalue weighted by Crippen LogP contribution is -2.65. The molecule has 9 unspecified atom stereocenters. The molecule has 5 aliphatic rings. The fourth-order valence-electron chi connectivity index (χ4n) is 9.19. The maximum absolute atomic E-state index is 14.5. The fourth-order valence-corrected chi connectivity index (χ4v) is 24.7. The highest BCUT2D eigenvalue weighted by Gasteiger charge is 2.82. The van der Waals surface area contributed by atoms with Crippen molar-refractivity contribution in [1.82, 2.24) is 0 Å². The van der Waals surface area contributed by atoms with Crippen LogP contribution in [-0.2, 0) is 14.4 Å². The van der Waals surface area contributed by atoms with Gasteiger partial charge in [0.2, 0.25) is 14.7 Å². The standard InChI is InChI=1S/C27H34I3O4P/c1-15-7-6-10-26(16(2)31)12-9-19-23(3)11-8-18-24(4,14-17(32)22(34)25(18,5)28)20(23)13-21(33)27(19,29)35(15,26)30/h13-15,18-19H,6-12H2,1-5H3/p+1. The predicted octanol–water partition coefficient (Wildman–Crippen LogP) is 7.95. The molecule has 192 valence electrons. The molecule has 0 amide bonds. The number of fused-ring (bicyclic) bond motifs is 7. The van der Waals surface area contributed by atoms with Crippen LogP contribution < -0.4 is 0 Å². The number of allylic oxidation sites excluding steroid dienone is 4. The molecule has 2 heterocycles. The second-order valence-corrected chi connectivity index (χ2v) is 25.5. The minimum Gasteiger partial charge on any atom is -0.505 e. The number of ketones is 3. The molecule has 0 spiro atoms. The van der Waals surface area contributed by atoms with Crippen LogP contribution in [0.5, 0.6) is 0 Å². The van der Waals surface area contributed by atoms with Gasteiger partial charge in [-0.25, -0.2) is 0 Å². The number of aliphatic hydroxyl groups excluding tert-OH is 1. The van der Waals surface area contributed by atoms with Crippen molar-refractivity contribution in [2.75, 3.05) is 0 Å². The number of hydrogen-bond donors (Lipinski definition) is 1. The Morgan fingerprint density at radius 2 is 1.69 bits per heavy atom. The topological polar surface area (TPSA) is 71.4 Å². The van der Waals surface area contributed by atoms with E-state index < -0.39 is 16.9 Å². The number of aliphatic hydroxyl groups is 1. The molecule has 0 aromatic carbocycles. The first-order chi connectivity index (χ1) is 16.0. The molecule has 3 aliphatic carbocycles. The van der Waals surface area contributed by atoms with Gasteiger partial charge >= 0.3 is 0 Å². The molecule has 9 atom stereocenters. The number of rotatable bonds is 1. The van der Waals surface area contributed by atoms with Gasteiger partial charge < -0.3 is 5.11 Å². The molecule has 8 heteroatoms. The SMILES string of the molecule is CC(=O)C12CCCC(C)[P+]1(I)C1(I)C(=O)C=C3C4(C)C=C(O)C(=O)C(C)(I)C4CCC3(C)C1CC2. The van der Waals surface area contributed by atoms with Crippen molar-refractivity contribution in [1.29, 1.82) is 0 Å². The van der Waals surface area contributed by atoms with Gasteiger partial charge in [0.15, 0.2) is 33.6 Å². The van der Waals surface area contributed by atoms with E-state index in [1.165, 1.54) is 0 Å². The molecule has 1 saturated carbocycles. The smallest absolute Gasteiger partial charge is 0.212 e. The van der Waals surface area contributed by atoms with Crippen LogP contribution in [0.4, 0.5) is 0 Å². The van der Waals surface area contributed by atoms with E-state index in [0.717, 1.165) is 50.5 Å². The van der Waals surface area contributed by atoms with Gasteiger partial charge in [0.05, 0.1) is 9.08 Å². The van der Waals surface area contributed by atoms with Gasteiger partial charge in [-0.15, -0.1) is 0 Å². The molecule has 2 saturated heterocycles.